The Morgan fingerprint density at radius 1 is 0.981 bits per heavy atom. The molecule has 2 N–H and O–H groups in total. The third-order valence-electron chi connectivity index (χ3n) is 12.2. The number of hydrogen-bond donors (Lipinski definition) is 1. The SMILES string of the molecule is CC[C@H](C)[C@@]([C@@H](CC=O)OC)(N1CCC[C@H]1[C@H](OC)[C@@H](C)C(=O)Oc1c(F)c(F)c(F)c(F)c1F)N(C)[C@@](C(N)=O)(C(=O)[C@]1(C)CCCN1C)C(C)C. The lowest BCUT2D eigenvalue weighted by Gasteiger charge is -2.62. The number of Topliss-reactive ketones (excluding diaryl/α,β-unsaturated/α-hetero) is 1. The summed E-state index contributed by atoms with van der Waals surface area (Å²) in [6.07, 6.45) is 0.826. The molecular weight excluding hydrogens is 707 g/mol. The highest BCUT2D eigenvalue weighted by molar-refractivity contribution is 6.14. The molecule has 300 valence electrons. The van der Waals surface area contributed by atoms with Crippen LogP contribution >= 0.6 is 0 Å². The van der Waals surface area contributed by atoms with Crippen LogP contribution in [0.2, 0.25) is 0 Å². The van der Waals surface area contributed by atoms with Gasteiger partial charge in [-0.05, 0) is 72.0 Å². The van der Waals surface area contributed by atoms with Crippen molar-refractivity contribution in [1.82, 2.24) is 14.7 Å². The molecule has 0 spiro atoms. The number of rotatable bonds is 18. The molecule has 0 radical (unpaired) electrons. The van der Waals surface area contributed by atoms with Crippen molar-refractivity contribution in [2.75, 3.05) is 41.4 Å². The van der Waals surface area contributed by atoms with Crippen LogP contribution in [0.3, 0.4) is 0 Å². The zero-order valence-electron chi connectivity index (χ0n) is 32.4. The minimum absolute atomic E-state index is 0.178. The Balaban J connectivity index is 2.30. The van der Waals surface area contributed by atoms with Crippen LogP contribution in [-0.4, -0.2) is 115 Å². The van der Waals surface area contributed by atoms with Gasteiger partial charge in [0.1, 0.15) is 11.9 Å². The van der Waals surface area contributed by atoms with Gasteiger partial charge in [-0.1, -0.05) is 34.1 Å². The number of nitrogens with zero attached hydrogens (tertiary/aromatic N) is 3. The Kier molecular flexibility index (Phi) is 14.4. The minimum atomic E-state index is -2.40. The Labute approximate surface area is 308 Å². The predicted molar refractivity (Wildman–Crippen MR) is 185 cm³/mol. The van der Waals surface area contributed by atoms with E-state index in [9.17, 15) is 36.3 Å². The number of nitrogens with two attached hydrogens (primary N) is 1. The molecule has 8 atom stereocenters. The van der Waals surface area contributed by atoms with E-state index < -0.39 is 105 Å². The molecule has 0 bridgehead atoms. The Bertz CT molecular complexity index is 1510. The number of aldehydes is 1. The highest BCUT2D eigenvalue weighted by Crippen LogP contribution is 2.49. The number of benzene rings is 1. The fourth-order valence-corrected chi connectivity index (χ4v) is 9.07. The van der Waals surface area contributed by atoms with E-state index in [2.05, 4.69) is 0 Å². The zero-order valence-corrected chi connectivity index (χ0v) is 32.4. The van der Waals surface area contributed by atoms with Gasteiger partial charge in [-0.25, -0.2) is 13.2 Å². The van der Waals surface area contributed by atoms with Gasteiger partial charge >= 0.3 is 5.97 Å². The van der Waals surface area contributed by atoms with E-state index in [1.54, 1.807) is 32.7 Å². The van der Waals surface area contributed by atoms with Gasteiger partial charge in [0.2, 0.25) is 40.7 Å². The van der Waals surface area contributed by atoms with Gasteiger partial charge in [0, 0.05) is 33.2 Å². The number of methoxy groups -OCH3 is 2. The van der Waals surface area contributed by atoms with Crippen molar-refractivity contribution in [1.29, 1.82) is 0 Å². The molecule has 0 aromatic heterocycles. The van der Waals surface area contributed by atoms with Crippen molar-refractivity contribution in [3.05, 3.63) is 29.1 Å². The van der Waals surface area contributed by atoms with Gasteiger partial charge in [0.15, 0.2) is 11.3 Å². The van der Waals surface area contributed by atoms with E-state index in [4.69, 9.17) is 19.9 Å². The first kappa shape index (κ1) is 44.3. The number of halogens is 5. The van der Waals surface area contributed by atoms with Gasteiger partial charge in [-0.15, -0.1) is 0 Å². The summed E-state index contributed by atoms with van der Waals surface area (Å²) in [5, 5.41) is 0. The van der Waals surface area contributed by atoms with Crippen LogP contribution in [-0.2, 0) is 28.7 Å². The van der Waals surface area contributed by atoms with Crippen molar-refractivity contribution in [3.63, 3.8) is 0 Å². The molecule has 1 aromatic rings. The lowest BCUT2D eigenvalue weighted by Crippen LogP contribution is -2.82. The summed E-state index contributed by atoms with van der Waals surface area (Å²) in [6, 6.07) is -0.766. The van der Waals surface area contributed by atoms with Crippen LogP contribution in [0.4, 0.5) is 22.0 Å². The Morgan fingerprint density at radius 2 is 1.55 bits per heavy atom. The molecule has 2 aliphatic heterocycles. The van der Waals surface area contributed by atoms with Crippen molar-refractivity contribution in [2.45, 2.75) is 115 Å². The van der Waals surface area contributed by atoms with E-state index >= 15 is 4.79 Å². The second-order valence-corrected chi connectivity index (χ2v) is 14.9. The van der Waals surface area contributed by atoms with Gasteiger partial charge in [0.25, 0.3) is 0 Å². The lowest BCUT2D eigenvalue weighted by molar-refractivity contribution is -0.221. The summed E-state index contributed by atoms with van der Waals surface area (Å²) in [6.45, 7) is 11.3. The minimum Gasteiger partial charge on any atom is -0.420 e. The normalized spacial score (nSPS) is 24.4. The summed E-state index contributed by atoms with van der Waals surface area (Å²) in [7, 11) is 6.15. The van der Waals surface area contributed by atoms with Crippen LogP contribution in [0.15, 0.2) is 0 Å². The molecule has 1 amide bonds. The third-order valence-corrected chi connectivity index (χ3v) is 12.2. The van der Waals surface area contributed by atoms with Crippen molar-refractivity contribution < 1.29 is 55.3 Å². The molecule has 11 nitrogen and oxygen atoms in total. The predicted octanol–water partition coefficient (Wildman–Crippen LogP) is 4.61. The fraction of sp³-hybridized carbons (Fsp3) is 0.730. The molecule has 0 saturated carbocycles. The number of ether oxygens (including phenoxy) is 3. The molecule has 16 heteroatoms. The number of hydrogen-bond acceptors (Lipinski definition) is 10. The van der Waals surface area contributed by atoms with Gasteiger partial charge in [-0.2, -0.15) is 8.78 Å². The number of likely N-dealkylation sites (N-methyl/N-ethyl adjacent to an activating group) is 2. The van der Waals surface area contributed by atoms with Gasteiger partial charge in [0.05, 0.1) is 23.7 Å². The molecular formula is C37H55F5N4O7. The molecule has 0 unspecified atom stereocenters. The Morgan fingerprint density at radius 3 is 1.98 bits per heavy atom. The monoisotopic (exact) mass is 762 g/mol. The van der Waals surface area contributed by atoms with Crippen molar-refractivity contribution in [2.24, 2.45) is 23.5 Å². The quantitative estimate of drug-likeness (QED) is 0.0430. The maximum Gasteiger partial charge on any atom is 0.316 e. The standard InChI is InChI=1S/C37H55F5N4O7/c1-11-21(4)37(24(51-9)15-19-47,45(8)36(20(2)3,34(43)50)33(49)35(6)16-13-17-44(35)7)46-18-12-14-23(46)30(52-10)22(5)32(48)53-31-28(41)26(39)25(38)27(40)29(31)42/h19-24,30H,11-18H2,1-10H3,(H2,43,50)/t21-,22+,23-,24+,30+,35-,36+,37-/m0/s1. The van der Waals surface area contributed by atoms with E-state index in [-0.39, 0.29) is 13.0 Å². The number of carbonyl (C=O) groups excluding carboxylic acids is 4. The first-order chi connectivity index (χ1) is 24.7. The number of esters is 1. The molecule has 1 aromatic carbocycles. The molecule has 2 heterocycles. The molecule has 2 saturated heterocycles. The molecule has 3 rings (SSSR count). The number of likely N-dealkylation sites (tertiary alicyclic amines) is 2. The first-order valence-electron chi connectivity index (χ1n) is 18.0. The third kappa shape index (κ3) is 7.14. The van der Waals surface area contributed by atoms with Gasteiger partial charge < -0.3 is 24.7 Å². The number of amides is 1. The van der Waals surface area contributed by atoms with Crippen molar-refractivity contribution in [3.8, 4) is 5.75 Å². The average molecular weight is 763 g/mol. The molecule has 0 aliphatic carbocycles. The summed E-state index contributed by atoms with van der Waals surface area (Å²) in [4.78, 5) is 60.8. The smallest absolute Gasteiger partial charge is 0.316 e. The number of carbonyl (C=O) groups is 4. The summed E-state index contributed by atoms with van der Waals surface area (Å²) < 4.78 is 87.7. The second-order valence-electron chi connectivity index (χ2n) is 14.9. The van der Waals surface area contributed by atoms with E-state index in [1.807, 2.05) is 30.7 Å². The zero-order chi connectivity index (χ0) is 40.4. The lowest BCUT2D eigenvalue weighted by atomic mass is 9.68. The van der Waals surface area contributed by atoms with Crippen LogP contribution in [0.5, 0.6) is 5.75 Å². The molecule has 2 fully saturated rings. The number of primary amides is 1. The first-order valence-corrected chi connectivity index (χ1v) is 18.0. The average Bonchev–Trinajstić information content (AvgIpc) is 3.74. The van der Waals surface area contributed by atoms with Crippen LogP contribution < -0.4 is 10.5 Å². The van der Waals surface area contributed by atoms with E-state index in [1.165, 1.54) is 21.1 Å². The summed E-state index contributed by atoms with van der Waals surface area (Å²) in [5.41, 5.74) is 1.84. The topological polar surface area (TPSA) is 132 Å². The van der Waals surface area contributed by atoms with Crippen molar-refractivity contribution >= 4 is 23.9 Å². The van der Waals surface area contributed by atoms with Crippen LogP contribution in [0.1, 0.15) is 80.1 Å². The molecule has 53 heavy (non-hydrogen) atoms. The maximum absolute atomic E-state index is 15.2. The second kappa shape index (κ2) is 17.2. The van der Waals surface area contributed by atoms with E-state index in [0.29, 0.717) is 44.9 Å². The van der Waals surface area contributed by atoms with Gasteiger partial charge in [-0.3, -0.25) is 29.1 Å². The maximum atomic E-state index is 15.2. The summed E-state index contributed by atoms with van der Waals surface area (Å²) in [5.74, 6) is -18.5. The van der Waals surface area contributed by atoms with Crippen LogP contribution in [0, 0.1) is 46.8 Å². The molecule has 2 aliphatic rings. The highest BCUT2D eigenvalue weighted by atomic mass is 19.2. The Hall–Kier alpha value is -3.05. The largest absolute Gasteiger partial charge is 0.420 e. The fourth-order valence-electron chi connectivity index (χ4n) is 9.07. The van der Waals surface area contributed by atoms with Crippen LogP contribution in [0.25, 0.3) is 0 Å². The van der Waals surface area contributed by atoms with E-state index in [0.717, 1.165) is 0 Å². The highest BCUT2D eigenvalue weighted by Gasteiger charge is 2.67. The summed E-state index contributed by atoms with van der Waals surface area (Å²) >= 11 is 0. The number of ketones is 1.